The van der Waals surface area contributed by atoms with Crippen molar-refractivity contribution < 1.29 is 23.5 Å². The van der Waals surface area contributed by atoms with E-state index >= 15 is 0 Å². The van der Waals surface area contributed by atoms with Crippen LogP contribution in [0.1, 0.15) is 12.7 Å². The van der Waals surface area contributed by atoms with Crippen LogP contribution < -0.4 is 0 Å². The summed E-state index contributed by atoms with van der Waals surface area (Å²) in [5.74, 6) is -0.476. The van der Waals surface area contributed by atoms with E-state index in [1.54, 1.807) is 19.1 Å². The largest absolute Gasteiger partial charge is 0.465 e. The van der Waals surface area contributed by atoms with Gasteiger partial charge in [0.15, 0.2) is 0 Å². The van der Waals surface area contributed by atoms with Gasteiger partial charge in [0, 0.05) is 11.6 Å². The van der Waals surface area contributed by atoms with Crippen LogP contribution in [0, 0.1) is 0 Å². The molecule has 96 valence electrons. The second-order valence-corrected chi connectivity index (χ2v) is 3.43. The molecule has 5 heteroatoms. The molecule has 0 fully saturated rings. The lowest BCUT2D eigenvalue weighted by atomic mass is 10.4. The van der Waals surface area contributed by atoms with Gasteiger partial charge in [0.1, 0.15) is 19.0 Å². The molecule has 0 saturated heterocycles. The highest BCUT2D eigenvalue weighted by Gasteiger charge is 2.03. The molecular weight excluding hydrogens is 236 g/mol. The fourth-order valence-electron chi connectivity index (χ4n) is 0.984. The van der Waals surface area contributed by atoms with Crippen LogP contribution in [0.4, 0.5) is 0 Å². The highest BCUT2D eigenvalue weighted by Crippen LogP contribution is 2.02. The van der Waals surface area contributed by atoms with E-state index in [4.69, 9.17) is 13.9 Å². The summed E-state index contributed by atoms with van der Waals surface area (Å²) >= 11 is 0. The third-order valence-corrected chi connectivity index (χ3v) is 1.84. The van der Waals surface area contributed by atoms with Crippen molar-refractivity contribution >= 4 is 18.0 Å². The zero-order valence-electron chi connectivity index (χ0n) is 10.0. The third kappa shape index (κ3) is 5.16. The first kappa shape index (κ1) is 13.8. The molecule has 0 N–H and O–H groups in total. The van der Waals surface area contributed by atoms with E-state index in [2.05, 4.69) is 6.58 Å². The number of hydrogen-bond donors (Lipinski definition) is 0. The topological polar surface area (TPSA) is 65.7 Å². The number of hydrogen-bond acceptors (Lipinski definition) is 5. The zero-order valence-corrected chi connectivity index (χ0v) is 10.0. The molecule has 0 aliphatic heterocycles. The Morgan fingerprint density at radius 1 is 1.39 bits per heavy atom. The Morgan fingerprint density at radius 2 is 2.11 bits per heavy atom. The molecule has 0 atom stereocenters. The lowest BCUT2D eigenvalue weighted by Crippen LogP contribution is -2.12. The Labute approximate surface area is 105 Å². The smallest absolute Gasteiger partial charge is 0.333 e. The molecule has 0 aromatic carbocycles. The summed E-state index contributed by atoms with van der Waals surface area (Å²) in [4.78, 5) is 22.2. The van der Waals surface area contributed by atoms with Crippen molar-refractivity contribution in [3.63, 3.8) is 0 Å². The number of ether oxygens (including phenoxy) is 2. The second-order valence-electron chi connectivity index (χ2n) is 3.43. The van der Waals surface area contributed by atoms with Crippen molar-refractivity contribution in [1.82, 2.24) is 0 Å². The molecule has 1 aromatic heterocycles. The molecule has 0 radical (unpaired) electrons. The van der Waals surface area contributed by atoms with Crippen LogP contribution in [0.15, 0.2) is 41.0 Å². The Balaban J connectivity index is 2.18. The normalized spacial score (nSPS) is 10.3. The first-order valence-electron chi connectivity index (χ1n) is 5.30. The third-order valence-electron chi connectivity index (χ3n) is 1.84. The van der Waals surface area contributed by atoms with Gasteiger partial charge in [0.2, 0.25) is 0 Å². The molecule has 18 heavy (non-hydrogen) atoms. The zero-order chi connectivity index (χ0) is 13.4. The van der Waals surface area contributed by atoms with Gasteiger partial charge in [-0.05, 0) is 25.1 Å². The van der Waals surface area contributed by atoms with Crippen LogP contribution in [-0.4, -0.2) is 25.2 Å². The standard InChI is InChI=1S/C13H14O5/c1-10(2)13(15)18-9-8-17-12(14)6-5-11-4-3-7-16-11/h3-7H,1,8-9H2,2H3. The molecule has 0 unspecified atom stereocenters. The average Bonchev–Trinajstić information content (AvgIpc) is 2.84. The molecule has 5 nitrogen and oxygen atoms in total. The van der Waals surface area contributed by atoms with Gasteiger partial charge in [-0.15, -0.1) is 0 Å². The van der Waals surface area contributed by atoms with Gasteiger partial charge in [-0.25, -0.2) is 9.59 Å². The first-order valence-corrected chi connectivity index (χ1v) is 5.30. The monoisotopic (exact) mass is 250 g/mol. The molecule has 0 saturated carbocycles. The fourth-order valence-corrected chi connectivity index (χ4v) is 0.984. The maximum atomic E-state index is 11.2. The maximum Gasteiger partial charge on any atom is 0.333 e. The van der Waals surface area contributed by atoms with Crippen LogP contribution in [-0.2, 0) is 19.1 Å². The maximum absolute atomic E-state index is 11.2. The van der Waals surface area contributed by atoms with Gasteiger partial charge < -0.3 is 13.9 Å². The number of rotatable bonds is 6. The Morgan fingerprint density at radius 3 is 2.72 bits per heavy atom. The minimum absolute atomic E-state index is 0.000345. The van der Waals surface area contributed by atoms with Gasteiger partial charge in [-0.1, -0.05) is 6.58 Å². The molecule has 0 aliphatic carbocycles. The highest BCUT2D eigenvalue weighted by atomic mass is 16.6. The minimum atomic E-state index is -0.530. The van der Waals surface area contributed by atoms with Crippen LogP contribution >= 0.6 is 0 Å². The second kappa shape index (κ2) is 7.11. The van der Waals surface area contributed by atoms with Gasteiger partial charge in [0.25, 0.3) is 0 Å². The number of esters is 2. The number of carbonyl (C=O) groups is 2. The molecule has 1 aromatic rings. The number of carbonyl (C=O) groups excluding carboxylic acids is 2. The predicted molar refractivity (Wildman–Crippen MR) is 64.5 cm³/mol. The van der Waals surface area contributed by atoms with Crippen LogP contribution in [0.2, 0.25) is 0 Å². The van der Waals surface area contributed by atoms with Gasteiger partial charge in [0.05, 0.1) is 6.26 Å². The summed E-state index contributed by atoms with van der Waals surface area (Å²) in [6.45, 7) is 4.97. The summed E-state index contributed by atoms with van der Waals surface area (Å²) in [6, 6.07) is 3.42. The fraction of sp³-hybridized carbons (Fsp3) is 0.231. The van der Waals surface area contributed by atoms with E-state index in [0.29, 0.717) is 11.3 Å². The van der Waals surface area contributed by atoms with E-state index in [1.165, 1.54) is 18.4 Å². The van der Waals surface area contributed by atoms with E-state index in [1.807, 2.05) is 0 Å². The van der Waals surface area contributed by atoms with Crippen molar-refractivity contribution in [3.8, 4) is 0 Å². The van der Waals surface area contributed by atoms with E-state index < -0.39 is 11.9 Å². The average molecular weight is 250 g/mol. The molecule has 1 heterocycles. The molecule has 1 rings (SSSR count). The van der Waals surface area contributed by atoms with Crippen molar-refractivity contribution in [2.75, 3.05) is 13.2 Å². The van der Waals surface area contributed by atoms with Crippen LogP contribution in [0.25, 0.3) is 6.08 Å². The van der Waals surface area contributed by atoms with Crippen LogP contribution in [0.3, 0.4) is 0 Å². The Bertz CT molecular complexity index is 442. The van der Waals surface area contributed by atoms with E-state index in [0.717, 1.165) is 0 Å². The SMILES string of the molecule is C=C(C)C(=O)OCCOC(=O)C=Cc1ccco1. The Hall–Kier alpha value is -2.30. The minimum Gasteiger partial charge on any atom is -0.465 e. The summed E-state index contributed by atoms with van der Waals surface area (Å²) < 4.78 is 14.5. The van der Waals surface area contributed by atoms with E-state index in [-0.39, 0.29) is 13.2 Å². The van der Waals surface area contributed by atoms with Crippen molar-refractivity contribution in [3.05, 3.63) is 42.4 Å². The van der Waals surface area contributed by atoms with Crippen LogP contribution in [0.5, 0.6) is 0 Å². The predicted octanol–water partition coefficient (Wildman–Crippen LogP) is 1.96. The first-order chi connectivity index (χ1) is 8.59. The summed E-state index contributed by atoms with van der Waals surface area (Å²) in [7, 11) is 0. The van der Waals surface area contributed by atoms with Crippen molar-refractivity contribution in [1.29, 1.82) is 0 Å². The van der Waals surface area contributed by atoms with Gasteiger partial charge in [-0.2, -0.15) is 0 Å². The molecular formula is C13H14O5. The quantitative estimate of drug-likeness (QED) is 0.438. The molecule has 0 spiro atoms. The highest BCUT2D eigenvalue weighted by molar-refractivity contribution is 5.87. The lowest BCUT2D eigenvalue weighted by molar-refractivity contribution is -0.146. The summed E-state index contributed by atoms with van der Waals surface area (Å²) in [5, 5.41) is 0. The van der Waals surface area contributed by atoms with E-state index in [9.17, 15) is 9.59 Å². The lowest BCUT2D eigenvalue weighted by Gasteiger charge is -2.04. The molecule has 0 amide bonds. The Kier molecular flexibility index (Phi) is 5.44. The van der Waals surface area contributed by atoms with Gasteiger partial charge in [-0.3, -0.25) is 0 Å². The summed E-state index contributed by atoms with van der Waals surface area (Å²) in [6.07, 6.45) is 4.23. The molecule has 0 aliphatic rings. The van der Waals surface area contributed by atoms with Crippen molar-refractivity contribution in [2.45, 2.75) is 6.92 Å². The number of furan rings is 1. The summed E-state index contributed by atoms with van der Waals surface area (Å²) in [5.41, 5.74) is 0.305. The van der Waals surface area contributed by atoms with Gasteiger partial charge >= 0.3 is 11.9 Å². The van der Waals surface area contributed by atoms with Crippen molar-refractivity contribution in [2.24, 2.45) is 0 Å². The molecule has 0 bridgehead atoms.